The highest BCUT2D eigenvalue weighted by Crippen LogP contribution is 2.20. The summed E-state index contributed by atoms with van der Waals surface area (Å²) in [5.41, 5.74) is -0.183. The first-order chi connectivity index (χ1) is 9.89. The SMILES string of the molecule is COC(=O)c1ccc(OCC(O)CN2CC(C)(O)C2)cc1. The van der Waals surface area contributed by atoms with Gasteiger partial charge in [-0.05, 0) is 31.2 Å². The third-order valence-corrected chi connectivity index (χ3v) is 3.32. The van der Waals surface area contributed by atoms with Crippen LogP contribution in [0.25, 0.3) is 0 Å². The molecule has 1 aromatic rings. The van der Waals surface area contributed by atoms with E-state index in [0.29, 0.717) is 30.9 Å². The van der Waals surface area contributed by atoms with Crippen LogP contribution in [0, 0.1) is 0 Å². The Hall–Kier alpha value is -1.63. The number of rotatable bonds is 6. The number of carbonyl (C=O) groups is 1. The molecule has 0 aliphatic carbocycles. The average Bonchev–Trinajstić information content (AvgIpc) is 2.43. The van der Waals surface area contributed by atoms with Gasteiger partial charge in [-0.3, -0.25) is 4.90 Å². The lowest BCUT2D eigenvalue weighted by Crippen LogP contribution is -2.61. The molecule has 2 rings (SSSR count). The van der Waals surface area contributed by atoms with Gasteiger partial charge in [-0.2, -0.15) is 0 Å². The molecule has 1 saturated heterocycles. The van der Waals surface area contributed by atoms with Gasteiger partial charge in [0, 0.05) is 19.6 Å². The van der Waals surface area contributed by atoms with Crippen molar-refractivity contribution in [3.05, 3.63) is 29.8 Å². The number of methoxy groups -OCH3 is 1. The number of esters is 1. The van der Waals surface area contributed by atoms with E-state index in [1.165, 1.54) is 7.11 Å². The summed E-state index contributed by atoms with van der Waals surface area (Å²) in [7, 11) is 1.33. The highest BCUT2D eigenvalue weighted by Gasteiger charge is 2.36. The number of aliphatic hydroxyl groups excluding tert-OH is 1. The molecule has 0 aromatic heterocycles. The molecule has 1 aliphatic rings. The summed E-state index contributed by atoms with van der Waals surface area (Å²) in [6.07, 6.45) is -0.624. The molecule has 1 heterocycles. The van der Waals surface area contributed by atoms with Crippen molar-refractivity contribution in [1.29, 1.82) is 0 Å². The first kappa shape index (κ1) is 15.8. The highest BCUT2D eigenvalue weighted by molar-refractivity contribution is 5.89. The van der Waals surface area contributed by atoms with E-state index in [2.05, 4.69) is 4.74 Å². The standard InChI is InChI=1S/C15H21NO5/c1-15(19)9-16(10-15)7-12(17)8-21-13-5-3-11(4-6-13)14(18)20-2/h3-6,12,17,19H,7-10H2,1-2H3. The van der Waals surface area contributed by atoms with Crippen LogP contribution in [0.15, 0.2) is 24.3 Å². The fourth-order valence-corrected chi connectivity index (χ4v) is 2.39. The lowest BCUT2D eigenvalue weighted by molar-refractivity contribution is -0.0978. The minimum atomic E-state index is -0.635. The highest BCUT2D eigenvalue weighted by atomic mass is 16.5. The predicted molar refractivity (Wildman–Crippen MR) is 76.3 cm³/mol. The third kappa shape index (κ3) is 4.42. The minimum absolute atomic E-state index is 0.163. The first-order valence-electron chi connectivity index (χ1n) is 6.83. The van der Waals surface area contributed by atoms with Gasteiger partial charge in [-0.25, -0.2) is 4.79 Å². The fourth-order valence-electron chi connectivity index (χ4n) is 2.39. The molecule has 0 saturated carbocycles. The zero-order valence-corrected chi connectivity index (χ0v) is 12.3. The van der Waals surface area contributed by atoms with Crippen LogP contribution in [0.2, 0.25) is 0 Å². The van der Waals surface area contributed by atoms with E-state index >= 15 is 0 Å². The van der Waals surface area contributed by atoms with E-state index < -0.39 is 17.7 Å². The summed E-state index contributed by atoms with van der Waals surface area (Å²) in [5.74, 6) is 0.184. The van der Waals surface area contributed by atoms with Gasteiger partial charge >= 0.3 is 5.97 Å². The molecule has 116 valence electrons. The molecule has 1 atom stereocenters. The molecule has 0 amide bonds. The van der Waals surface area contributed by atoms with Gasteiger partial charge < -0.3 is 19.7 Å². The molecule has 0 spiro atoms. The van der Waals surface area contributed by atoms with Crippen LogP contribution in [0.1, 0.15) is 17.3 Å². The Morgan fingerprint density at radius 1 is 1.38 bits per heavy atom. The number of hydrogen-bond donors (Lipinski definition) is 2. The summed E-state index contributed by atoms with van der Waals surface area (Å²) in [6.45, 7) is 3.54. The van der Waals surface area contributed by atoms with Crippen LogP contribution in [-0.4, -0.2) is 66.1 Å². The van der Waals surface area contributed by atoms with Crippen molar-refractivity contribution < 1.29 is 24.5 Å². The van der Waals surface area contributed by atoms with Crippen molar-refractivity contribution in [3.8, 4) is 5.75 Å². The van der Waals surface area contributed by atoms with Crippen molar-refractivity contribution in [2.45, 2.75) is 18.6 Å². The number of carbonyl (C=O) groups excluding carboxylic acids is 1. The van der Waals surface area contributed by atoms with E-state index in [-0.39, 0.29) is 6.61 Å². The smallest absolute Gasteiger partial charge is 0.337 e. The van der Waals surface area contributed by atoms with E-state index in [0.717, 1.165) is 0 Å². The van der Waals surface area contributed by atoms with Crippen LogP contribution in [0.5, 0.6) is 5.75 Å². The van der Waals surface area contributed by atoms with E-state index in [4.69, 9.17) is 4.74 Å². The molecule has 6 nitrogen and oxygen atoms in total. The first-order valence-corrected chi connectivity index (χ1v) is 6.83. The van der Waals surface area contributed by atoms with Gasteiger partial charge in [-0.15, -0.1) is 0 Å². The summed E-state index contributed by atoms with van der Waals surface area (Å²) < 4.78 is 10.1. The Morgan fingerprint density at radius 3 is 2.52 bits per heavy atom. The quantitative estimate of drug-likeness (QED) is 0.734. The van der Waals surface area contributed by atoms with Crippen LogP contribution >= 0.6 is 0 Å². The molecule has 6 heteroatoms. The number of likely N-dealkylation sites (tertiary alicyclic amines) is 1. The molecular formula is C15H21NO5. The number of ether oxygens (including phenoxy) is 2. The van der Waals surface area contributed by atoms with Gasteiger partial charge in [0.1, 0.15) is 18.5 Å². The van der Waals surface area contributed by atoms with Crippen LogP contribution in [0.3, 0.4) is 0 Å². The molecule has 1 unspecified atom stereocenters. The van der Waals surface area contributed by atoms with Crippen molar-refractivity contribution in [3.63, 3.8) is 0 Å². The van der Waals surface area contributed by atoms with Crippen molar-refractivity contribution >= 4 is 5.97 Å². The lowest BCUT2D eigenvalue weighted by Gasteiger charge is -2.44. The van der Waals surface area contributed by atoms with Gasteiger partial charge in [-0.1, -0.05) is 0 Å². The Balaban J connectivity index is 1.74. The second-order valence-corrected chi connectivity index (χ2v) is 5.65. The average molecular weight is 295 g/mol. The van der Waals surface area contributed by atoms with Crippen molar-refractivity contribution in [2.24, 2.45) is 0 Å². The maximum atomic E-state index is 11.3. The summed E-state index contributed by atoms with van der Waals surface area (Å²) in [4.78, 5) is 13.2. The molecule has 1 aliphatic heterocycles. The number of benzene rings is 1. The van der Waals surface area contributed by atoms with Gasteiger partial charge in [0.15, 0.2) is 0 Å². The van der Waals surface area contributed by atoms with Crippen LogP contribution < -0.4 is 4.74 Å². The van der Waals surface area contributed by atoms with Crippen molar-refractivity contribution in [2.75, 3.05) is 33.4 Å². The zero-order chi connectivity index (χ0) is 15.5. The maximum Gasteiger partial charge on any atom is 0.337 e. The third-order valence-electron chi connectivity index (χ3n) is 3.32. The van der Waals surface area contributed by atoms with Gasteiger partial charge in [0.2, 0.25) is 0 Å². The number of β-amino-alcohol motifs (C(OH)–C–C–N with tert-alkyl or cyclic N) is 2. The Bertz CT molecular complexity index is 477. The van der Waals surface area contributed by atoms with Gasteiger partial charge in [0.25, 0.3) is 0 Å². The Labute approximate surface area is 123 Å². The summed E-state index contributed by atoms with van der Waals surface area (Å²) in [6, 6.07) is 6.54. The summed E-state index contributed by atoms with van der Waals surface area (Å²) >= 11 is 0. The lowest BCUT2D eigenvalue weighted by atomic mass is 9.97. The Morgan fingerprint density at radius 2 is 2.00 bits per heavy atom. The second-order valence-electron chi connectivity index (χ2n) is 5.65. The number of aliphatic hydroxyl groups is 2. The van der Waals surface area contributed by atoms with E-state index in [1.807, 2.05) is 4.90 Å². The Kier molecular flexibility index (Phi) is 4.82. The molecule has 1 fully saturated rings. The second kappa shape index (κ2) is 6.43. The molecular weight excluding hydrogens is 274 g/mol. The van der Waals surface area contributed by atoms with Gasteiger partial charge in [0.05, 0.1) is 18.3 Å². The topological polar surface area (TPSA) is 79.2 Å². The van der Waals surface area contributed by atoms with Crippen LogP contribution in [0.4, 0.5) is 0 Å². The maximum absolute atomic E-state index is 11.3. The monoisotopic (exact) mass is 295 g/mol. The number of nitrogens with zero attached hydrogens (tertiary/aromatic N) is 1. The number of hydrogen-bond acceptors (Lipinski definition) is 6. The molecule has 1 aromatic carbocycles. The fraction of sp³-hybridized carbons (Fsp3) is 0.533. The molecule has 0 bridgehead atoms. The molecule has 21 heavy (non-hydrogen) atoms. The summed E-state index contributed by atoms with van der Waals surface area (Å²) in [5, 5.41) is 19.5. The van der Waals surface area contributed by atoms with E-state index in [1.54, 1.807) is 31.2 Å². The van der Waals surface area contributed by atoms with Crippen LogP contribution in [-0.2, 0) is 4.74 Å². The molecule has 2 N–H and O–H groups in total. The largest absolute Gasteiger partial charge is 0.491 e. The van der Waals surface area contributed by atoms with E-state index in [9.17, 15) is 15.0 Å². The zero-order valence-electron chi connectivity index (χ0n) is 12.3. The molecule has 0 radical (unpaired) electrons. The predicted octanol–water partition coefficient (Wildman–Crippen LogP) is 0.279. The normalized spacial score (nSPS) is 18.7. The van der Waals surface area contributed by atoms with Crippen molar-refractivity contribution in [1.82, 2.24) is 4.90 Å². The minimum Gasteiger partial charge on any atom is -0.491 e.